The van der Waals surface area contributed by atoms with Crippen LogP contribution in [0.15, 0.2) is 48.5 Å². The number of amides is 1. The van der Waals surface area contributed by atoms with E-state index in [2.05, 4.69) is 10.4 Å². The average molecular weight is 521 g/mol. The predicted molar refractivity (Wildman–Crippen MR) is 138 cm³/mol. The Balaban J connectivity index is 0.000000641. The minimum atomic E-state index is -1.14. The first-order valence-electron chi connectivity index (χ1n) is 11.2. The summed E-state index contributed by atoms with van der Waals surface area (Å²) in [6.07, 6.45) is 2.27. The van der Waals surface area contributed by atoms with Gasteiger partial charge < -0.3 is 20.9 Å². The highest BCUT2D eigenvalue weighted by Crippen LogP contribution is 2.33. The van der Waals surface area contributed by atoms with Gasteiger partial charge in [-0.15, -0.1) is 0 Å². The normalized spacial score (nSPS) is 11.3. The van der Waals surface area contributed by atoms with Gasteiger partial charge in [0.15, 0.2) is 5.69 Å². The second-order valence-electron chi connectivity index (χ2n) is 7.76. The summed E-state index contributed by atoms with van der Waals surface area (Å²) in [7, 11) is 0. The number of carbonyl (C=O) groups is 2. The predicted octanol–water partition coefficient (Wildman–Crippen LogP) is 5.83. The topological polar surface area (TPSA) is 119 Å². The third-order valence-corrected chi connectivity index (χ3v) is 5.56. The number of carboxylic acids is 1. The van der Waals surface area contributed by atoms with Gasteiger partial charge in [0.25, 0.3) is 0 Å². The second-order valence-corrected chi connectivity index (χ2v) is 8.61. The Hall–Kier alpha value is -3.07. The molecule has 0 aliphatic rings. The molecule has 0 bridgehead atoms. The second kappa shape index (κ2) is 13.7. The first-order chi connectivity index (χ1) is 16.7. The molecule has 0 saturated carbocycles. The van der Waals surface area contributed by atoms with E-state index < -0.39 is 5.97 Å². The van der Waals surface area contributed by atoms with Crippen LogP contribution in [0.2, 0.25) is 10.0 Å². The van der Waals surface area contributed by atoms with E-state index in [0.29, 0.717) is 33.5 Å². The van der Waals surface area contributed by atoms with Crippen LogP contribution in [-0.2, 0) is 11.3 Å². The highest BCUT2D eigenvalue weighted by Gasteiger charge is 2.26. The summed E-state index contributed by atoms with van der Waals surface area (Å²) in [6, 6.07) is 14.1. The van der Waals surface area contributed by atoms with Crippen LogP contribution in [0.5, 0.6) is 11.6 Å². The maximum atomic E-state index is 11.9. The number of aromatic nitrogens is 2. The Kier molecular flexibility index (Phi) is 11.0. The molecule has 0 aliphatic heterocycles. The molecule has 4 N–H and O–H groups in total. The van der Waals surface area contributed by atoms with Crippen molar-refractivity contribution in [1.82, 2.24) is 15.1 Å². The Morgan fingerprint density at radius 3 is 2.31 bits per heavy atom. The molecule has 3 rings (SSSR count). The zero-order valence-electron chi connectivity index (χ0n) is 19.9. The number of nitrogens with zero attached hydrogens (tertiary/aromatic N) is 2. The van der Waals surface area contributed by atoms with Crippen LogP contribution >= 0.6 is 23.2 Å². The van der Waals surface area contributed by atoms with Gasteiger partial charge in [-0.25, -0.2) is 4.79 Å². The number of carboxylic acid groups (broad SMARTS) is 1. The van der Waals surface area contributed by atoms with Gasteiger partial charge in [-0.3, -0.25) is 4.79 Å². The summed E-state index contributed by atoms with van der Waals surface area (Å²) in [6.45, 7) is 6.28. The zero-order chi connectivity index (χ0) is 26.0. The van der Waals surface area contributed by atoms with E-state index in [4.69, 9.17) is 33.7 Å². The van der Waals surface area contributed by atoms with Crippen molar-refractivity contribution < 1.29 is 19.4 Å². The number of rotatable bonds is 10. The minimum Gasteiger partial charge on any atom is -0.476 e. The van der Waals surface area contributed by atoms with Crippen LogP contribution in [0.4, 0.5) is 0 Å². The van der Waals surface area contributed by atoms with Crippen LogP contribution in [0.25, 0.3) is 5.69 Å². The van der Waals surface area contributed by atoms with Gasteiger partial charge in [0.1, 0.15) is 5.75 Å². The van der Waals surface area contributed by atoms with E-state index in [-0.39, 0.29) is 30.1 Å². The molecule has 3 aromatic rings. The van der Waals surface area contributed by atoms with E-state index in [1.54, 1.807) is 48.5 Å². The molecule has 1 unspecified atom stereocenters. The fourth-order valence-corrected chi connectivity index (χ4v) is 3.28. The summed E-state index contributed by atoms with van der Waals surface area (Å²) in [5.74, 6) is -0.562. The van der Waals surface area contributed by atoms with Crippen molar-refractivity contribution >= 4 is 35.1 Å². The first kappa shape index (κ1) is 28.2. The number of ether oxygens (including phenoxy) is 1. The van der Waals surface area contributed by atoms with Crippen LogP contribution in [0.1, 0.15) is 56.1 Å². The number of benzene rings is 2. The van der Waals surface area contributed by atoms with Gasteiger partial charge >= 0.3 is 5.97 Å². The van der Waals surface area contributed by atoms with Crippen molar-refractivity contribution in [2.24, 2.45) is 5.73 Å². The molecule has 1 aromatic heterocycles. The molecular formula is C25H30Cl2N4O4. The summed E-state index contributed by atoms with van der Waals surface area (Å²) in [5.41, 5.74) is 5.63. The first-order valence-corrected chi connectivity index (χ1v) is 12.0. The third-order valence-electron chi connectivity index (χ3n) is 4.98. The smallest absolute Gasteiger partial charge is 0.356 e. The van der Waals surface area contributed by atoms with Gasteiger partial charge in [-0.2, -0.15) is 9.78 Å². The van der Waals surface area contributed by atoms with Crippen molar-refractivity contribution in [3.05, 3.63) is 69.8 Å². The fourth-order valence-electron chi connectivity index (χ4n) is 2.94. The molecule has 0 fully saturated rings. The molecule has 2 aromatic carbocycles. The lowest BCUT2D eigenvalue weighted by molar-refractivity contribution is -0.118. The minimum absolute atomic E-state index is 0.0929. The van der Waals surface area contributed by atoms with Crippen LogP contribution in [0.3, 0.4) is 0 Å². The lowest BCUT2D eigenvalue weighted by Gasteiger charge is -2.14. The quantitative estimate of drug-likeness (QED) is 0.309. The number of hydrogen-bond acceptors (Lipinski definition) is 5. The van der Waals surface area contributed by atoms with E-state index in [1.165, 1.54) is 4.68 Å². The largest absolute Gasteiger partial charge is 0.476 e. The number of carbonyl (C=O) groups excluding carboxylic acids is 1. The molecule has 8 nitrogen and oxygen atoms in total. The van der Waals surface area contributed by atoms with Crippen LogP contribution < -0.4 is 15.8 Å². The number of para-hydroxylation sites is 1. The van der Waals surface area contributed by atoms with Crippen molar-refractivity contribution in [3.63, 3.8) is 0 Å². The van der Waals surface area contributed by atoms with Gasteiger partial charge in [0.2, 0.25) is 11.8 Å². The zero-order valence-corrected chi connectivity index (χ0v) is 21.4. The Morgan fingerprint density at radius 1 is 1.14 bits per heavy atom. The summed E-state index contributed by atoms with van der Waals surface area (Å²) < 4.78 is 7.51. The number of aromatic carboxylic acids is 1. The van der Waals surface area contributed by atoms with Crippen LogP contribution in [0, 0.1) is 0 Å². The van der Waals surface area contributed by atoms with Crippen molar-refractivity contribution in [1.29, 1.82) is 0 Å². The number of primary amides is 1. The van der Waals surface area contributed by atoms with Gasteiger partial charge in [-0.05, 0) is 56.2 Å². The SMILES string of the molecule is CCC(C)NCc1c(C(=O)O)nn(-c2ccccc2Cl)c1Oc1ccc(Cl)cc1.CCCC(N)=O. The van der Waals surface area contributed by atoms with Crippen molar-refractivity contribution in [2.75, 3.05) is 0 Å². The Bertz CT molecular complexity index is 1130. The van der Waals surface area contributed by atoms with Gasteiger partial charge in [0.05, 0.1) is 16.3 Å². The number of halogens is 2. The molecule has 188 valence electrons. The summed E-state index contributed by atoms with van der Waals surface area (Å²) in [4.78, 5) is 21.7. The van der Waals surface area contributed by atoms with E-state index in [9.17, 15) is 14.7 Å². The molecular weight excluding hydrogens is 491 g/mol. The van der Waals surface area contributed by atoms with Gasteiger partial charge in [-0.1, -0.05) is 49.2 Å². The molecule has 1 atom stereocenters. The highest BCUT2D eigenvalue weighted by atomic mass is 35.5. The van der Waals surface area contributed by atoms with Gasteiger partial charge in [0, 0.05) is 24.0 Å². The van der Waals surface area contributed by atoms with Crippen molar-refractivity contribution in [3.8, 4) is 17.3 Å². The maximum absolute atomic E-state index is 11.9. The van der Waals surface area contributed by atoms with Crippen LogP contribution in [-0.4, -0.2) is 32.8 Å². The third kappa shape index (κ3) is 8.28. The fraction of sp³-hybridized carbons (Fsp3) is 0.320. The number of hydrogen-bond donors (Lipinski definition) is 3. The molecule has 0 saturated heterocycles. The monoisotopic (exact) mass is 520 g/mol. The van der Waals surface area contributed by atoms with Crippen molar-refractivity contribution in [2.45, 2.75) is 52.6 Å². The highest BCUT2D eigenvalue weighted by molar-refractivity contribution is 6.32. The molecule has 0 spiro atoms. The summed E-state index contributed by atoms with van der Waals surface area (Å²) in [5, 5.41) is 18.3. The Morgan fingerprint density at radius 2 is 1.80 bits per heavy atom. The Labute approximate surface area is 215 Å². The number of nitrogens with two attached hydrogens (primary N) is 1. The van der Waals surface area contributed by atoms with E-state index in [0.717, 1.165) is 12.8 Å². The molecule has 1 heterocycles. The van der Waals surface area contributed by atoms with E-state index in [1.807, 2.05) is 20.8 Å². The maximum Gasteiger partial charge on any atom is 0.356 e. The standard InChI is InChI=1S/C21H21Cl2N3O3.C4H9NO/c1-3-13(2)24-12-16-19(21(27)28)25-26(18-7-5-4-6-17(18)23)20(16)29-15-10-8-14(22)9-11-15;1-2-3-4(5)6/h4-11,13,24H,3,12H2,1-2H3,(H,27,28);2-3H2,1H3,(H2,5,6). The lowest BCUT2D eigenvalue weighted by atomic mass is 10.2. The molecule has 10 heteroatoms. The molecule has 0 radical (unpaired) electrons. The molecule has 1 amide bonds. The molecule has 35 heavy (non-hydrogen) atoms. The van der Waals surface area contributed by atoms with E-state index >= 15 is 0 Å². The lowest BCUT2D eigenvalue weighted by Crippen LogP contribution is -2.25. The number of nitrogens with one attached hydrogen (secondary N) is 1. The molecule has 0 aliphatic carbocycles. The summed E-state index contributed by atoms with van der Waals surface area (Å²) >= 11 is 12.3. The average Bonchev–Trinajstić information content (AvgIpc) is 3.17.